The molecule has 6 nitrogen and oxygen atoms in total. The lowest BCUT2D eigenvalue weighted by atomic mass is 10.0. The summed E-state index contributed by atoms with van der Waals surface area (Å²) in [4.78, 5) is 15.5. The van der Waals surface area contributed by atoms with Crippen LogP contribution in [0.5, 0.6) is 5.75 Å². The van der Waals surface area contributed by atoms with Gasteiger partial charge in [-0.05, 0) is 61.7 Å². The molecule has 0 spiro atoms. The Kier molecular flexibility index (Phi) is 6.54. The molecule has 3 aromatic rings. The molecule has 1 atom stereocenters. The fraction of sp³-hybridized carbons (Fsp3) is 0.269. The van der Waals surface area contributed by atoms with Crippen molar-refractivity contribution in [1.82, 2.24) is 14.7 Å². The van der Waals surface area contributed by atoms with Gasteiger partial charge in [-0.15, -0.1) is 0 Å². The molecule has 174 valence electrons. The maximum Gasteiger partial charge on any atom is 0.266 e. The number of hydrogen-bond donors (Lipinski definition) is 0. The average molecular weight is 492 g/mol. The molecule has 0 N–H and O–H groups in total. The van der Waals surface area contributed by atoms with E-state index in [1.807, 2.05) is 66.3 Å². The zero-order valence-corrected chi connectivity index (χ0v) is 20.7. The Morgan fingerprint density at radius 2 is 2.09 bits per heavy atom. The summed E-state index contributed by atoms with van der Waals surface area (Å²) >= 11 is 6.87. The van der Waals surface area contributed by atoms with Crippen LogP contribution in [-0.4, -0.2) is 51.3 Å². The zero-order valence-electron chi connectivity index (χ0n) is 19.1. The van der Waals surface area contributed by atoms with E-state index in [9.17, 15) is 4.79 Å². The average Bonchev–Trinajstić information content (AvgIpc) is 3.57. The molecule has 0 radical (unpaired) electrons. The van der Waals surface area contributed by atoms with Crippen LogP contribution >= 0.6 is 24.0 Å². The van der Waals surface area contributed by atoms with Gasteiger partial charge in [0.25, 0.3) is 5.91 Å². The minimum absolute atomic E-state index is 0.0560. The van der Waals surface area contributed by atoms with Gasteiger partial charge in [0.15, 0.2) is 0 Å². The number of carbonyl (C=O) groups excluding carboxylic acids is 1. The molecule has 1 amide bonds. The summed E-state index contributed by atoms with van der Waals surface area (Å²) in [6.07, 6.45) is 5.90. The second-order valence-electron chi connectivity index (χ2n) is 8.32. The van der Waals surface area contributed by atoms with Gasteiger partial charge in [0.2, 0.25) is 0 Å². The van der Waals surface area contributed by atoms with Gasteiger partial charge in [-0.2, -0.15) is 5.10 Å². The standard InChI is InChI=1S/C26H25N3O3S2/c1-17-13-18(10-11-22(17)31-2)24-19(15-29(27-24)20-7-4-3-5-8-20)14-23-25(30)28(26(33)34-23)16-21-9-6-12-32-21/h3-5,7-8,10-11,13-15,21H,6,9,12,16H2,1-2H3/b23-14+/t21-/m1/s1. The zero-order chi connectivity index (χ0) is 23.7. The maximum atomic E-state index is 13.2. The molecule has 0 saturated carbocycles. The number of methoxy groups -OCH3 is 1. The molecule has 2 aliphatic heterocycles. The van der Waals surface area contributed by atoms with E-state index in [-0.39, 0.29) is 12.0 Å². The fourth-order valence-corrected chi connectivity index (χ4v) is 5.51. The van der Waals surface area contributed by atoms with Crippen molar-refractivity contribution < 1.29 is 14.3 Å². The van der Waals surface area contributed by atoms with E-state index < -0.39 is 0 Å². The van der Waals surface area contributed by atoms with E-state index in [2.05, 4.69) is 6.07 Å². The third-order valence-electron chi connectivity index (χ3n) is 6.00. The number of carbonyl (C=O) groups is 1. The first-order valence-corrected chi connectivity index (χ1v) is 12.4. The third kappa shape index (κ3) is 4.53. The number of hydrogen-bond acceptors (Lipinski definition) is 6. The first kappa shape index (κ1) is 22.8. The van der Waals surface area contributed by atoms with Crippen LogP contribution in [0.15, 0.2) is 59.6 Å². The first-order chi connectivity index (χ1) is 16.5. The third-order valence-corrected chi connectivity index (χ3v) is 7.38. The second-order valence-corrected chi connectivity index (χ2v) is 10.0. The van der Waals surface area contributed by atoms with E-state index in [4.69, 9.17) is 26.8 Å². The van der Waals surface area contributed by atoms with Gasteiger partial charge >= 0.3 is 0 Å². The van der Waals surface area contributed by atoms with Gasteiger partial charge in [0.05, 0.1) is 30.4 Å². The van der Waals surface area contributed by atoms with Gasteiger partial charge < -0.3 is 9.47 Å². The van der Waals surface area contributed by atoms with Crippen molar-refractivity contribution >= 4 is 40.3 Å². The molecule has 2 fully saturated rings. The topological polar surface area (TPSA) is 56.6 Å². The normalized spacial score (nSPS) is 19.4. The summed E-state index contributed by atoms with van der Waals surface area (Å²) < 4.78 is 13.6. The summed E-state index contributed by atoms with van der Waals surface area (Å²) in [5, 5.41) is 4.88. The summed E-state index contributed by atoms with van der Waals surface area (Å²) in [5.41, 5.74) is 4.56. The number of aromatic nitrogens is 2. The van der Waals surface area contributed by atoms with E-state index in [1.165, 1.54) is 11.8 Å². The molecule has 0 bridgehead atoms. The molecule has 5 rings (SSSR count). The predicted octanol–water partition coefficient (Wildman–Crippen LogP) is 5.24. The maximum absolute atomic E-state index is 13.2. The van der Waals surface area contributed by atoms with Crippen LogP contribution in [0.3, 0.4) is 0 Å². The Morgan fingerprint density at radius 3 is 2.79 bits per heavy atom. The van der Waals surface area contributed by atoms with Crippen LogP contribution < -0.4 is 4.74 Å². The van der Waals surface area contributed by atoms with Crippen LogP contribution in [0.25, 0.3) is 23.0 Å². The predicted molar refractivity (Wildman–Crippen MR) is 139 cm³/mol. The van der Waals surface area contributed by atoms with Gasteiger partial charge in [-0.1, -0.05) is 42.2 Å². The van der Waals surface area contributed by atoms with E-state index in [0.717, 1.165) is 53.3 Å². The number of ether oxygens (including phenoxy) is 2. The molecular formula is C26H25N3O3S2. The highest BCUT2D eigenvalue weighted by Crippen LogP contribution is 2.36. The van der Waals surface area contributed by atoms with Gasteiger partial charge in [0, 0.05) is 23.9 Å². The summed E-state index contributed by atoms with van der Waals surface area (Å²) in [6, 6.07) is 15.9. The molecule has 1 aromatic heterocycles. The largest absolute Gasteiger partial charge is 0.496 e. The Hall–Kier alpha value is -2.94. The number of amides is 1. The molecular weight excluding hydrogens is 466 g/mol. The van der Waals surface area contributed by atoms with E-state index >= 15 is 0 Å². The lowest BCUT2D eigenvalue weighted by Gasteiger charge is -2.18. The molecule has 2 aromatic carbocycles. The smallest absolute Gasteiger partial charge is 0.266 e. The molecule has 3 heterocycles. The van der Waals surface area contributed by atoms with Gasteiger partial charge in [0.1, 0.15) is 15.8 Å². The minimum Gasteiger partial charge on any atom is -0.496 e. The van der Waals surface area contributed by atoms with Crippen LogP contribution in [0.4, 0.5) is 0 Å². The van der Waals surface area contributed by atoms with Crippen molar-refractivity contribution in [2.75, 3.05) is 20.3 Å². The van der Waals surface area contributed by atoms with Gasteiger partial charge in [-0.25, -0.2) is 4.68 Å². The SMILES string of the molecule is COc1ccc(-c2nn(-c3ccccc3)cc2/C=C2/SC(=S)N(C[C@H]3CCCO3)C2=O)cc1C. The van der Waals surface area contributed by atoms with Crippen molar-refractivity contribution in [3.05, 3.63) is 70.8 Å². The second kappa shape index (κ2) is 9.74. The number of aryl methyl sites for hydroxylation is 1. The number of rotatable bonds is 6. The quantitative estimate of drug-likeness (QED) is 0.347. The lowest BCUT2D eigenvalue weighted by molar-refractivity contribution is -0.123. The van der Waals surface area contributed by atoms with Gasteiger partial charge in [-0.3, -0.25) is 9.69 Å². The monoisotopic (exact) mass is 491 g/mol. The Morgan fingerprint density at radius 1 is 1.26 bits per heavy atom. The minimum atomic E-state index is -0.0742. The van der Waals surface area contributed by atoms with Crippen LogP contribution in [-0.2, 0) is 9.53 Å². The molecule has 2 aliphatic rings. The molecule has 0 unspecified atom stereocenters. The number of thiocarbonyl (C=S) groups is 1. The van der Waals surface area contributed by atoms with Crippen LogP contribution in [0.1, 0.15) is 24.0 Å². The summed E-state index contributed by atoms with van der Waals surface area (Å²) in [6.45, 7) is 3.26. The van der Waals surface area contributed by atoms with E-state index in [1.54, 1.807) is 12.0 Å². The van der Waals surface area contributed by atoms with Crippen molar-refractivity contribution in [2.24, 2.45) is 0 Å². The van der Waals surface area contributed by atoms with Crippen molar-refractivity contribution in [2.45, 2.75) is 25.9 Å². The molecule has 2 saturated heterocycles. The fourth-order valence-electron chi connectivity index (χ4n) is 4.25. The van der Waals surface area contributed by atoms with E-state index in [0.29, 0.717) is 15.8 Å². The number of thioether (sulfide) groups is 1. The molecule has 0 aliphatic carbocycles. The highest BCUT2D eigenvalue weighted by molar-refractivity contribution is 8.26. The molecule has 8 heteroatoms. The number of benzene rings is 2. The lowest BCUT2D eigenvalue weighted by Crippen LogP contribution is -2.35. The summed E-state index contributed by atoms with van der Waals surface area (Å²) in [7, 11) is 1.66. The highest BCUT2D eigenvalue weighted by Gasteiger charge is 2.35. The highest BCUT2D eigenvalue weighted by atomic mass is 32.2. The Bertz CT molecular complexity index is 1260. The Labute approximate surface area is 208 Å². The van der Waals surface area contributed by atoms with Crippen LogP contribution in [0, 0.1) is 6.92 Å². The van der Waals surface area contributed by atoms with Crippen LogP contribution in [0.2, 0.25) is 0 Å². The number of nitrogens with zero attached hydrogens (tertiary/aromatic N) is 3. The van der Waals surface area contributed by atoms with Crippen molar-refractivity contribution in [3.63, 3.8) is 0 Å². The molecule has 34 heavy (non-hydrogen) atoms. The van der Waals surface area contributed by atoms with Crippen molar-refractivity contribution in [1.29, 1.82) is 0 Å². The Balaban J connectivity index is 1.53. The van der Waals surface area contributed by atoms with Crippen molar-refractivity contribution in [3.8, 4) is 22.7 Å². The number of para-hydroxylation sites is 1. The summed E-state index contributed by atoms with van der Waals surface area (Å²) in [5.74, 6) is 0.748. The first-order valence-electron chi connectivity index (χ1n) is 11.2.